The largest absolute Gasteiger partial charge is 0.250 e. The third kappa shape index (κ3) is 55.6. The van der Waals surface area contributed by atoms with E-state index in [1.165, 1.54) is 339 Å². The van der Waals surface area contributed by atoms with E-state index >= 15 is 0 Å². The summed E-state index contributed by atoms with van der Waals surface area (Å²) >= 11 is 0. The van der Waals surface area contributed by atoms with Crippen molar-refractivity contribution < 1.29 is 20.4 Å². The summed E-state index contributed by atoms with van der Waals surface area (Å²) in [6, 6.07) is 17.7. The number of unbranched alkanes of at least 4 members (excludes halogenated alkanes) is 53. The van der Waals surface area contributed by atoms with Crippen LogP contribution in [0, 0.1) is 11.8 Å². The molecule has 0 amide bonds. The Morgan fingerprint density at radius 2 is 0.551 bits per heavy atom. The molecule has 0 aromatic heterocycles. The normalized spacial score (nSPS) is 12.0. The number of benzene rings is 2. The number of para-hydroxylation sites is 2. The summed E-state index contributed by atoms with van der Waals surface area (Å²) in [7, 11) is 0. The molecule has 2 aromatic carbocycles. The van der Waals surface area contributed by atoms with Gasteiger partial charge in [0.25, 0.3) is 0 Å². The van der Waals surface area contributed by atoms with Crippen LogP contribution in [0.5, 0.6) is 0 Å². The molecule has 2 rings (SSSR count). The van der Waals surface area contributed by atoms with Crippen LogP contribution in [0.2, 0.25) is 0 Å². The molecular weight excluding hydrogens is 1170 g/mol. The van der Waals surface area contributed by atoms with Gasteiger partial charge in [0.2, 0.25) is 0 Å². The van der Waals surface area contributed by atoms with Crippen LogP contribution in [0.3, 0.4) is 0 Å². The Balaban J connectivity index is 0.0000396. The van der Waals surface area contributed by atoms with Gasteiger partial charge in [0.15, 0.2) is 0 Å². The van der Waals surface area contributed by atoms with Crippen molar-refractivity contribution in [3.8, 4) is 11.8 Å². The SMILES string of the molecule is CCCCCCCCC#CC(=Nc1ccccc1CCCC=CCCCCCCCCCCCCCCCCCCCCCCCC)C(CCCC)=Nc1ccccc1CCCC=CCCCCCCCCCCCCCCCCCCCCCCCC.[Pd]. The molecule has 0 aliphatic rings. The van der Waals surface area contributed by atoms with Crippen molar-refractivity contribution >= 4 is 22.8 Å². The number of rotatable bonds is 66. The van der Waals surface area contributed by atoms with Crippen molar-refractivity contribution in [2.75, 3.05) is 0 Å². The minimum atomic E-state index is 0. The second-order valence-corrected chi connectivity index (χ2v) is 27.4. The fourth-order valence-electron chi connectivity index (χ4n) is 12.8. The Bertz CT molecular complexity index is 1960. The summed E-state index contributed by atoms with van der Waals surface area (Å²) in [6.07, 6.45) is 94.1. The van der Waals surface area contributed by atoms with Crippen LogP contribution in [-0.2, 0) is 33.3 Å². The molecular formula is C86H148N2Pd. The molecule has 0 unspecified atom stereocenters. The van der Waals surface area contributed by atoms with Crippen molar-refractivity contribution in [2.24, 2.45) is 9.98 Å². The van der Waals surface area contributed by atoms with Crippen molar-refractivity contribution in [3.05, 3.63) is 84.0 Å². The molecule has 89 heavy (non-hydrogen) atoms. The first-order valence-electron chi connectivity index (χ1n) is 39.8. The zero-order valence-electron chi connectivity index (χ0n) is 60.0. The van der Waals surface area contributed by atoms with Crippen LogP contribution in [-0.4, -0.2) is 11.4 Å². The van der Waals surface area contributed by atoms with E-state index in [9.17, 15) is 0 Å². The van der Waals surface area contributed by atoms with Crippen LogP contribution < -0.4 is 0 Å². The maximum Gasteiger partial charge on any atom is 0.135 e. The van der Waals surface area contributed by atoms with Gasteiger partial charge >= 0.3 is 0 Å². The Hall–Kier alpha value is -2.52. The van der Waals surface area contributed by atoms with Gasteiger partial charge in [-0.2, -0.15) is 0 Å². The quantitative estimate of drug-likeness (QED) is 0.0207. The van der Waals surface area contributed by atoms with Crippen LogP contribution in [0.4, 0.5) is 11.4 Å². The Morgan fingerprint density at radius 3 is 0.865 bits per heavy atom. The zero-order chi connectivity index (χ0) is 62.6. The van der Waals surface area contributed by atoms with Gasteiger partial charge in [-0.15, -0.1) is 0 Å². The second kappa shape index (κ2) is 69.8. The maximum atomic E-state index is 5.51. The first-order valence-corrected chi connectivity index (χ1v) is 39.8. The molecule has 512 valence electrons. The summed E-state index contributed by atoms with van der Waals surface area (Å²) in [5, 5.41) is 0. The summed E-state index contributed by atoms with van der Waals surface area (Å²) in [4.78, 5) is 11.0. The Kier molecular flexibility index (Phi) is 66.3. The third-order valence-corrected chi connectivity index (χ3v) is 18.8. The maximum absolute atomic E-state index is 5.51. The van der Waals surface area contributed by atoms with E-state index in [2.05, 4.69) is 112 Å². The van der Waals surface area contributed by atoms with Crippen LogP contribution in [0.15, 0.2) is 82.8 Å². The molecule has 0 spiro atoms. The topological polar surface area (TPSA) is 24.7 Å². The molecule has 0 radical (unpaired) electrons. The molecule has 0 saturated heterocycles. The number of nitrogens with zero attached hydrogens (tertiary/aromatic N) is 2. The number of hydrogen-bond donors (Lipinski definition) is 0. The van der Waals surface area contributed by atoms with E-state index in [1.54, 1.807) is 0 Å². The average molecular weight is 1320 g/mol. The minimum Gasteiger partial charge on any atom is -0.250 e. The molecule has 3 heteroatoms. The molecule has 0 aliphatic heterocycles. The molecule has 0 aliphatic carbocycles. The van der Waals surface area contributed by atoms with Gasteiger partial charge in [0.1, 0.15) is 5.71 Å². The van der Waals surface area contributed by atoms with Gasteiger partial charge < -0.3 is 0 Å². The van der Waals surface area contributed by atoms with Gasteiger partial charge in [0.05, 0.1) is 17.1 Å². The summed E-state index contributed by atoms with van der Waals surface area (Å²) in [5.41, 5.74) is 6.75. The number of hydrogen-bond acceptors (Lipinski definition) is 2. The van der Waals surface area contributed by atoms with E-state index in [4.69, 9.17) is 9.98 Å². The van der Waals surface area contributed by atoms with Gasteiger partial charge in [-0.1, -0.05) is 403 Å². The average Bonchev–Trinajstić information content (AvgIpc) is 3.06. The van der Waals surface area contributed by atoms with Gasteiger partial charge in [0, 0.05) is 26.8 Å². The predicted molar refractivity (Wildman–Crippen MR) is 400 cm³/mol. The molecule has 0 N–H and O–H groups in total. The first kappa shape index (κ1) is 84.5. The number of aliphatic imine (C=N–C) groups is 2. The molecule has 2 nitrogen and oxygen atoms in total. The zero-order valence-corrected chi connectivity index (χ0v) is 61.5. The molecule has 0 atom stereocenters. The third-order valence-electron chi connectivity index (χ3n) is 18.8. The Morgan fingerprint density at radius 1 is 0.292 bits per heavy atom. The smallest absolute Gasteiger partial charge is 0.135 e. The van der Waals surface area contributed by atoms with Gasteiger partial charge in [-0.25, -0.2) is 4.99 Å². The predicted octanol–water partition coefficient (Wildman–Crippen LogP) is 30.2. The molecule has 0 heterocycles. The van der Waals surface area contributed by atoms with E-state index in [0.29, 0.717) is 0 Å². The van der Waals surface area contributed by atoms with Crippen molar-refractivity contribution in [1.29, 1.82) is 0 Å². The summed E-state index contributed by atoms with van der Waals surface area (Å²) < 4.78 is 0. The van der Waals surface area contributed by atoms with Gasteiger partial charge in [-0.3, -0.25) is 4.99 Å². The van der Waals surface area contributed by atoms with E-state index in [1.807, 2.05) is 0 Å². The fourth-order valence-corrected chi connectivity index (χ4v) is 12.8. The van der Waals surface area contributed by atoms with Crippen LogP contribution in [0.1, 0.15) is 424 Å². The molecule has 0 fully saturated rings. The standard InChI is InChI=1S/C86H148N2.Pd/c1-5-9-13-16-19-22-24-26-28-30-32-34-36-38-40-42-44-46-48-50-52-54-56-58-60-63-66-73-81-75-69-71-78-83(81)87-85(77-12-8-4)86(80-68-65-62-21-18-15-11-7-3)88-84-79-72-70-76-82(84)74-67-64-61-59-57-55-53-51-49-47-45-43-41-39-37-35-33-31-29-27-25-23-20-17-14-10-6-2;/h58-61,69-72,75-76,78-79H,5-57,62-67,73-74,77H2,1-4H3;. The number of allylic oxidation sites excluding steroid dienone is 4. The number of aryl methyl sites for hydroxylation is 2. The molecule has 2 aromatic rings. The van der Waals surface area contributed by atoms with Crippen LogP contribution in [0.25, 0.3) is 0 Å². The van der Waals surface area contributed by atoms with Crippen LogP contribution >= 0.6 is 0 Å². The molecule has 0 bridgehead atoms. The molecule has 0 saturated carbocycles. The Labute approximate surface area is 571 Å². The van der Waals surface area contributed by atoms with E-state index in [-0.39, 0.29) is 20.4 Å². The first-order chi connectivity index (χ1) is 43.7. The van der Waals surface area contributed by atoms with Crippen molar-refractivity contribution in [2.45, 2.75) is 426 Å². The summed E-state index contributed by atoms with van der Waals surface area (Å²) in [6.45, 7) is 9.21. The fraction of sp³-hybridized carbons (Fsp3) is 0.767. The monoisotopic (exact) mass is 1320 g/mol. The van der Waals surface area contributed by atoms with E-state index < -0.39 is 0 Å². The minimum absolute atomic E-state index is 0. The van der Waals surface area contributed by atoms with Crippen molar-refractivity contribution in [1.82, 2.24) is 0 Å². The van der Waals surface area contributed by atoms with Gasteiger partial charge in [-0.05, 0) is 113 Å². The second-order valence-electron chi connectivity index (χ2n) is 27.4. The van der Waals surface area contributed by atoms with E-state index in [0.717, 1.165) is 93.4 Å². The van der Waals surface area contributed by atoms with Crippen molar-refractivity contribution in [3.63, 3.8) is 0 Å². The summed E-state index contributed by atoms with van der Waals surface area (Å²) in [5.74, 6) is 7.26.